The smallest absolute Gasteiger partial charge is 0.203 e. The molecule has 0 amide bonds. The molecule has 26 heavy (non-hydrogen) atoms. The average molecular weight is 354 g/mol. The summed E-state index contributed by atoms with van der Waals surface area (Å²) in [4.78, 5) is 0. The number of fused-ring (bicyclic) bond motifs is 2. The molecule has 0 saturated heterocycles. The second-order valence-electron chi connectivity index (χ2n) is 5.62. The number of hydrogen-bond acceptors (Lipinski definition) is 5. The van der Waals surface area contributed by atoms with Crippen LogP contribution in [0.25, 0.3) is 11.6 Å². The van der Waals surface area contributed by atoms with Crippen molar-refractivity contribution in [1.29, 1.82) is 0 Å². The van der Waals surface area contributed by atoms with Crippen molar-refractivity contribution in [3.8, 4) is 17.2 Å². The Bertz CT molecular complexity index is 961. The number of rotatable bonds is 5. The van der Waals surface area contributed by atoms with Gasteiger partial charge in [0.1, 0.15) is 0 Å². The van der Waals surface area contributed by atoms with Crippen molar-refractivity contribution in [2.75, 3.05) is 35.5 Å². The molecule has 5 nitrogen and oxygen atoms in total. The molecule has 0 atom stereocenters. The number of ether oxygens (including phenoxy) is 5. The van der Waals surface area contributed by atoms with Gasteiger partial charge in [0.25, 0.3) is 0 Å². The summed E-state index contributed by atoms with van der Waals surface area (Å²) >= 11 is 0. The van der Waals surface area contributed by atoms with E-state index in [0.29, 0.717) is 28.8 Å². The molecule has 0 radical (unpaired) electrons. The fourth-order valence-electron chi connectivity index (χ4n) is 3.16. The maximum absolute atomic E-state index is 5.72. The summed E-state index contributed by atoms with van der Waals surface area (Å²) < 4.78 is 27.7. The van der Waals surface area contributed by atoms with Gasteiger partial charge in [0, 0.05) is 5.22 Å². The van der Waals surface area contributed by atoms with Gasteiger partial charge in [-0.3, -0.25) is 0 Å². The van der Waals surface area contributed by atoms with Crippen LogP contribution in [0.15, 0.2) is 53.5 Å². The van der Waals surface area contributed by atoms with Crippen LogP contribution < -0.4 is 24.6 Å². The van der Waals surface area contributed by atoms with Gasteiger partial charge >= 0.3 is 0 Å². The van der Waals surface area contributed by atoms with Crippen molar-refractivity contribution < 1.29 is 23.7 Å². The maximum Gasteiger partial charge on any atom is 0.203 e. The SMILES string of the molecule is COC1=C(OC)C=C2C=CC=c3cc(OC)c(OC)c(OC)c3=C2C=C1. The summed E-state index contributed by atoms with van der Waals surface area (Å²) in [6, 6.07) is 1.94. The fourth-order valence-corrected chi connectivity index (χ4v) is 3.16. The lowest BCUT2D eigenvalue weighted by atomic mass is 10.0. The van der Waals surface area contributed by atoms with Crippen molar-refractivity contribution in [3.63, 3.8) is 0 Å². The summed E-state index contributed by atoms with van der Waals surface area (Å²) in [5.74, 6) is 3.10. The molecule has 3 rings (SSSR count). The first-order valence-electron chi connectivity index (χ1n) is 8.12. The molecule has 0 aliphatic heterocycles. The predicted molar refractivity (Wildman–Crippen MR) is 101 cm³/mol. The third-order valence-corrected chi connectivity index (χ3v) is 4.36. The van der Waals surface area contributed by atoms with Gasteiger partial charge in [-0.15, -0.1) is 0 Å². The van der Waals surface area contributed by atoms with Gasteiger partial charge in [-0.25, -0.2) is 0 Å². The second kappa shape index (κ2) is 7.44. The molecule has 0 N–H and O–H groups in total. The minimum Gasteiger partial charge on any atom is -0.493 e. The van der Waals surface area contributed by atoms with Crippen molar-refractivity contribution >= 4 is 11.6 Å². The number of methoxy groups -OCH3 is 5. The Morgan fingerprint density at radius 3 is 2.04 bits per heavy atom. The van der Waals surface area contributed by atoms with E-state index in [2.05, 4.69) is 0 Å². The van der Waals surface area contributed by atoms with Crippen LogP contribution in [0.4, 0.5) is 0 Å². The zero-order valence-corrected chi connectivity index (χ0v) is 15.6. The van der Waals surface area contributed by atoms with Crippen molar-refractivity contribution in [2.24, 2.45) is 0 Å². The van der Waals surface area contributed by atoms with Crippen LogP contribution in [0.1, 0.15) is 0 Å². The molecule has 0 fully saturated rings. The van der Waals surface area contributed by atoms with Crippen LogP contribution in [0.3, 0.4) is 0 Å². The quantitative estimate of drug-likeness (QED) is 0.811. The molecule has 0 bridgehead atoms. The highest BCUT2D eigenvalue weighted by Crippen LogP contribution is 2.34. The second-order valence-corrected chi connectivity index (χ2v) is 5.62. The largest absolute Gasteiger partial charge is 0.493 e. The highest BCUT2D eigenvalue weighted by molar-refractivity contribution is 5.82. The Hall–Kier alpha value is -3.08. The van der Waals surface area contributed by atoms with Gasteiger partial charge in [0.05, 0.1) is 35.5 Å². The monoisotopic (exact) mass is 354 g/mol. The lowest BCUT2D eigenvalue weighted by Gasteiger charge is -2.14. The first-order valence-corrected chi connectivity index (χ1v) is 8.12. The molecule has 0 spiro atoms. The minimum absolute atomic E-state index is 0.556. The van der Waals surface area contributed by atoms with Crippen molar-refractivity contribution in [2.45, 2.75) is 0 Å². The van der Waals surface area contributed by atoms with Crippen LogP contribution in [0.5, 0.6) is 17.2 Å². The van der Waals surface area contributed by atoms with E-state index < -0.39 is 0 Å². The Balaban J connectivity index is 2.46. The zero-order chi connectivity index (χ0) is 18.7. The standard InChI is InChI=1S/C21H22O5/c1-22-16-10-9-15-13(11-17(16)23-2)7-6-8-14-12-18(24-3)20(25-4)21(26-5)19(14)15/h6-12H,1-5H3. The van der Waals surface area contributed by atoms with Crippen LogP contribution in [-0.2, 0) is 9.47 Å². The van der Waals surface area contributed by atoms with E-state index in [9.17, 15) is 0 Å². The molecule has 0 saturated carbocycles. The van der Waals surface area contributed by atoms with Gasteiger partial charge in [0.2, 0.25) is 5.75 Å². The topological polar surface area (TPSA) is 46.2 Å². The maximum atomic E-state index is 5.72. The molecule has 2 aliphatic rings. The van der Waals surface area contributed by atoms with E-state index in [1.807, 2.05) is 42.5 Å². The molecule has 0 heterocycles. The summed E-state index contributed by atoms with van der Waals surface area (Å²) in [5.41, 5.74) is 1.95. The van der Waals surface area contributed by atoms with Crippen molar-refractivity contribution in [1.82, 2.24) is 0 Å². The average Bonchev–Trinajstić information content (AvgIpc) is 2.95. The number of hydrogen-bond donors (Lipinski definition) is 0. The molecule has 136 valence electrons. The van der Waals surface area contributed by atoms with Crippen molar-refractivity contribution in [3.05, 3.63) is 64.0 Å². The first-order chi connectivity index (χ1) is 12.7. The molecule has 2 aliphatic carbocycles. The van der Waals surface area contributed by atoms with E-state index in [-0.39, 0.29) is 0 Å². The fraction of sp³-hybridized carbons (Fsp3) is 0.238. The first kappa shape index (κ1) is 17.7. The molecule has 1 aromatic rings. The molecule has 0 aromatic heterocycles. The van der Waals surface area contributed by atoms with E-state index in [0.717, 1.165) is 21.6 Å². The molecule has 0 unspecified atom stereocenters. The zero-order valence-electron chi connectivity index (χ0n) is 15.6. The Morgan fingerprint density at radius 2 is 1.42 bits per heavy atom. The summed E-state index contributed by atoms with van der Waals surface area (Å²) in [7, 11) is 8.08. The third-order valence-electron chi connectivity index (χ3n) is 4.36. The Labute approximate surface area is 152 Å². The van der Waals surface area contributed by atoms with Crippen LogP contribution >= 0.6 is 0 Å². The van der Waals surface area contributed by atoms with Gasteiger partial charge in [-0.1, -0.05) is 18.2 Å². The number of allylic oxidation sites excluding steroid dienone is 6. The lowest BCUT2D eigenvalue weighted by molar-refractivity contribution is 0.242. The molecular formula is C21H22O5. The normalized spacial score (nSPS) is 15.1. The lowest BCUT2D eigenvalue weighted by Crippen LogP contribution is -2.29. The minimum atomic E-state index is 0.556. The van der Waals surface area contributed by atoms with E-state index in [4.69, 9.17) is 23.7 Å². The molecule has 1 aromatic carbocycles. The highest BCUT2D eigenvalue weighted by Gasteiger charge is 2.19. The van der Waals surface area contributed by atoms with Gasteiger partial charge in [0.15, 0.2) is 23.0 Å². The summed E-state index contributed by atoms with van der Waals surface area (Å²) in [5, 5.41) is 1.89. The Kier molecular flexibility index (Phi) is 5.07. The summed E-state index contributed by atoms with van der Waals surface area (Å²) in [6.45, 7) is 0. The van der Waals surface area contributed by atoms with Gasteiger partial charge in [-0.05, 0) is 40.7 Å². The molecular weight excluding hydrogens is 332 g/mol. The van der Waals surface area contributed by atoms with Gasteiger partial charge in [-0.2, -0.15) is 0 Å². The van der Waals surface area contributed by atoms with Crippen LogP contribution in [-0.4, -0.2) is 35.5 Å². The van der Waals surface area contributed by atoms with Crippen LogP contribution in [0, 0.1) is 0 Å². The Morgan fingerprint density at radius 1 is 0.692 bits per heavy atom. The van der Waals surface area contributed by atoms with E-state index in [1.165, 1.54) is 0 Å². The molecule has 5 heteroatoms. The third kappa shape index (κ3) is 2.86. The predicted octanol–water partition coefficient (Wildman–Crippen LogP) is 2.21. The van der Waals surface area contributed by atoms with Crippen LogP contribution in [0.2, 0.25) is 0 Å². The highest BCUT2D eigenvalue weighted by atomic mass is 16.5. The summed E-state index contributed by atoms with van der Waals surface area (Å²) in [6.07, 6.45) is 11.9. The van der Waals surface area contributed by atoms with E-state index >= 15 is 0 Å². The number of benzene rings is 1. The van der Waals surface area contributed by atoms with Gasteiger partial charge < -0.3 is 23.7 Å². The van der Waals surface area contributed by atoms with E-state index in [1.54, 1.807) is 35.5 Å².